The molecule has 0 bridgehead atoms. The normalized spacial score (nSPS) is 10.4. The summed E-state index contributed by atoms with van der Waals surface area (Å²) in [5.41, 5.74) is 0.436. The fourth-order valence-corrected chi connectivity index (χ4v) is 1.87. The van der Waals surface area contributed by atoms with Gasteiger partial charge in [0.15, 0.2) is 0 Å². The molecule has 0 unspecified atom stereocenters. The van der Waals surface area contributed by atoms with Gasteiger partial charge in [-0.05, 0) is 30.2 Å². The summed E-state index contributed by atoms with van der Waals surface area (Å²) in [7, 11) is 1.64. The molecule has 0 heterocycles. The summed E-state index contributed by atoms with van der Waals surface area (Å²) in [6.45, 7) is 4.07. The van der Waals surface area contributed by atoms with Gasteiger partial charge in [0.2, 0.25) is 0 Å². The van der Waals surface area contributed by atoms with Crippen LogP contribution in [0.2, 0.25) is 0 Å². The van der Waals surface area contributed by atoms with Crippen LogP contribution in [-0.2, 0) is 4.79 Å². The number of amides is 2. The molecule has 0 aliphatic carbocycles. The fraction of sp³-hybridized carbons (Fsp3) is 0.429. The first-order valence-corrected chi connectivity index (χ1v) is 6.34. The summed E-state index contributed by atoms with van der Waals surface area (Å²) >= 11 is 0. The molecule has 1 aromatic rings. The molecule has 0 atom stereocenters. The van der Waals surface area contributed by atoms with Gasteiger partial charge in [-0.2, -0.15) is 0 Å². The molecular weight excluding hydrogens is 260 g/mol. The molecule has 0 aliphatic heterocycles. The SMILES string of the molecule is CC(C)CN(C)C(=O)N(CC(=O)O)c1ccc(O)cc1. The lowest BCUT2D eigenvalue weighted by molar-refractivity contribution is -0.135. The molecule has 1 aromatic carbocycles. The zero-order chi connectivity index (χ0) is 15.3. The Morgan fingerprint density at radius 1 is 1.20 bits per heavy atom. The van der Waals surface area contributed by atoms with Crippen molar-refractivity contribution in [3.63, 3.8) is 0 Å². The van der Waals surface area contributed by atoms with Gasteiger partial charge in [0.25, 0.3) is 0 Å². The third-order valence-corrected chi connectivity index (χ3v) is 2.65. The van der Waals surface area contributed by atoms with Crippen molar-refractivity contribution in [2.45, 2.75) is 13.8 Å². The largest absolute Gasteiger partial charge is 0.508 e. The quantitative estimate of drug-likeness (QED) is 0.864. The van der Waals surface area contributed by atoms with Crippen LogP contribution in [0.3, 0.4) is 0 Å². The van der Waals surface area contributed by atoms with Crippen LogP contribution in [0.15, 0.2) is 24.3 Å². The molecule has 0 saturated heterocycles. The molecule has 2 amide bonds. The van der Waals surface area contributed by atoms with E-state index in [0.717, 1.165) is 0 Å². The maximum Gasteiger partial charge on any atom is 0.324 e. The summed E-state index contributed by atoms with van der Waals surface area (Å²) < 4.78 is 0. The topological polar surface area (TPSA) is 81.1 Å². The van der Waals surface area contributed by atoms with Gasteiger partial charge < -0.3 is 15.1 Å². The van der Waals surface area contributed by atoms with Gasteiger partial charge in [-0.15, -0.1) is 0 Å². The van der Waals surface area contributed by atoms with E-state index in [2.05, 4.69) is 0 Å². The van der Waals surface area contributed by atoms with E-state index in [-0.39, 0.29) is 17.7 Å². The fourth-order valence-electron chi connectivity index (χ4n) is 1.87. The van der Waals surface area contributed by atoms with E-state index >= 15 is 0 Å². The zero-order valence-corrected chi connectivity index (χ0v) is 11.9. The minimum Gasteiger partial charge on any atom is -0.508 e. The molecule has 20 heavy (non-hydrogen) atoms. The Kier molecular flexibility index (Phi) is 5.37. The summed E-state index contributed by atoms with van der Waals surface area (Å²) in [6, 6.07) is 5.48. The van der Waals surface area contributed by atoms with Crippen LogP contribution in [0.5, 0.6) is 5.75 Å². The second kappa shape index (κ2) is 6.79. The number of phenols is 1. The Bertz CT molecular complexity index is 471. The van der Waals surface area contributed by atoms with E-state index < -0.39 is 12.5 Å². The molecule has 0 fully saturated rings. The Labute approximate surface area is 118 Å². The van der Waals surface area contributed by atoms with E-state index in [1.54, 1.807) is 7.05 Å². The van der Waals surface area contributed by atoms with Gasteiger partial charge in [-0.3, -0.25) is 9.69 Å². The Morgan fingerprint density at radius 3 is 2.20 bits per heavy atom. The van der Waals surface area contributed by atoms with Crippen LogP contribution in [-0.4, -0.2) is 47.3 Å². The first-order chi connectivity index (χ1) is 9.31. The number of nitrogens with zero attached hydrogens (tertiary/aromatic N) is 2. The molecular formula is C14H20N2O4. The summed E-state index contributed by atoms with van der Waals surface area (Å²) in [6.07, 6.45) is 0. The molecule has 0 radical (unpaired) electrons. The van der Waals surface area contributed by atoms with Crippen molar-refractivity contribution in [3.8, 4) is 5.75 Å². The Balaban J connectivity index is 2.96. The van der Waals surface area contributed by atoms with Crippen LogP contribution in [0.25, 0.3) is 0 Å². The van der Waals surface area contributed by atoms with E-state index in [0.29, 0.717) is 12.2 Å². The minimum absolute atomic E-state index is 0.0620. The minimum atomic E-state index is -1.09. The van der Waals surface area contributed by atoms with Crippen molar-refractivity contribution in [3.05, 3.63) is 24.3 Å². The number of phenolic OH excluding ortho intramolecular Hbond substituents is 1. The van der Waals surface area contributed by atoms with Gasteiger partial charge in [-0.25, -0.2) is 4.79 Å². The molecule has 0 aliphatic rings. The van der Waals surface area contributed by atoms with Crippen molar-refractivity contribution in [2.24, 2.45) is 5.92 Å². The van der Waals surface area contributed by atoms with Gasteiger partial charge >= 0.3 is 12.0 Å². The number of hydrogen-bond acceptors (Lipinski definition) is 3. The Morgan fingerprint density at radius 2 is 1.75 bits per heavy atom. The monoisotopic (exact) mass is 280 g/mol. The van der Waals surface area contributed by atoms with E-state index in [1.807, 2.05) is 13.8 Å². The highest BCUT2D eigenvalue weighted by Crippen LogP contribution is 2.19. The molecule has 6 heteroatoms. The number of rotatable bonds is 5. The van der Waals surface area contributed by atoms with Crippen LogP contribution in [0.4, 0.5) is 10.5 Å². The van der Waals surface area contributed by atoms with Crippen LogP contribution < -0.4 is 4.90 Å². The molecule has 6 nitrogen and oxygen atoms in total. The Hall–Kier alpha value is -2.24. The number of aliphatic carboxylic acids is 1. The van der Waals surface area contributed by atoms with Crippen LogP contribution >= 0.6 is 0 Å². The average molecular weight is 280 g/mol. The lowest BCUT2D eigenvalue weighted by atomic mass is 10.2. The number of carboxylic acid groups (broad SMARTS) is 1. The number of benzene rings is 1. The first kappa shape index (κ1) is 15.8. The number of carboxylic acids is 1. The summed E-state index contributed by atoms with van der Waals surface area (Å²) in [4.78, 5) is 25.9. The lowest BCUT2D eigenvalue weighted by Crippen LogP contribution is -2.45. The number of aromatic hydroxyl groups is 1. The van der Waals surface area contributed by atoms with Gasteiger partial charge in [0.05, 0.1) is 0 Å². The maximum atomic E-state index is 12.3. The second-order valence-corrected chi connectivity index (χ2v) is 5.05. The van der Waals surface area contributed by atoms with E-state index in [9.17, 15) is 14.7 Å². The maximum absolute atomic E-state index is 12.3. The zero-order valence-electron chi connectivity index (χ0n) is 11.9. The van der Waals surface area contributed by atoms with E-state index in [4.69, 9.17) is 5.11 Å². The highest BCUT2D eigenvalue weighted by atomic mass is 16.4. The molecule has 0 spiro atoms. The highest BCUT2D eigenvalue weighted by Gasteiger charge is 2.22. The second-order valence-electron chi connectivity index (χ2n) is 5.05. The van der Waals surface area contributed by atoms with E-state index in [1.165, 1.54) is 34.1 Å². The van der Waals surface area contributed by atoms with Crippen molar-refractivity contribution < 1.29 is 19.8 Å². The average Bonchev–Trinajstić information content (AvgIpc) is 2.35. The lowest BCUT2D eigenvalue weighted by Gasteiger charge is -2.28. The summed E-state index contributed by atoms with van der Waals surface area (Å²) in [5, 5.41) is 18.2. The van der Waals surface area contributed by atoms with Gasteiger partial charge in [-0.1, -0.05) is 13.8 Å². The first-order valence-electron chi connectivity index (χ1n) is 6.34. The number of hydrogen-bond donors (Lipinski definition) is 2. The predicted molar refractivity (Wildman–Crippen MR) is 76.0 cm³/mol. The molecule has 0 saturated carbocycles. The van der Waals surface area contributed by atoms with Crippen molar-refractivity contribution in [1.29, 1.82) is 0 Å². The molecule has 0 aromatic heterocycles. The number of anilines is 1. The molecule has 1 rings (SSSR count). The number of carbonyl (C=O) groups excluding carboxylic acids is 1. The summed E-state index contributed by atoms with van der Waals surface area (Å²) in [5.74, 6) is -0.744. The predicted octanol–water partition coefficient (Wildman–Crippen LogP) is 1.99. The standard InChI is InChI=1S/C14H20N2O4/c1-10(2)8-15(3)14(20)16(9-13(18)19)11-4-6-12(17)7-5-11/h4-7,10,17H,8-9H2,1-3H3,(H,18,19). The number of carbonyl (C=O) groups is 2. The smallest absolute Gasteiger partial charge is 0.324 e. The van der Waals surface area contributed by atoms with Crippen LogP contribution in [0.1, 0.15) is 13.8 Å². The molecule has 2 N–H and O–H groups in total. The van der Waals surface area contributed by atoms with Crippen molar-refractivity contribution in [2.75, 3.05) is 25.0 Å². The van der Waals surface area contributed by atoms with Crippen molar-refractivity contribution in [1.82, 2.24) is 4.90 Å². The number of urea groups is 1. The molecule has 110 valence electrons. The highest BCUT2D eigenvalue weighted by molar-refractivity contribution is 5.96. The van der Waals surface area contributed by atoms with Gasteiger partial charge in [0, 0.05) is 19.3 Å². The third-order valence-electron chi connectivity index (χ3n) is 2.65. The third kappa shape index (κ3) is 4.46. The van der Waals surface area contributed by atoms with Crippen molar-refractivity contribution >= 4 is 17.7 Å². The van der Waals surface area contributed by atoms with Gasteiger partial charge in [0.1, 0.15) is 12.3 Å². The van der Waals surface area contributed by atoms with Crippen LogP contribution in [0, 0.1) is 5.92 Å².